The van der Waals surface area contributed by atoms with E-state index < -0.39 is 11.6 Å². The number of hydrogen-bond donors (Lipinski definition) is 1. The molecule has 0 fully saturated rings. The fraction of sp³-hybridized carbons (Fsp3) is 0. The number of para-hydroxylation sites is 2. The Hall–Kier alpha value is -2.08. The first kappa shape index (κ1) is 12.9. The van der Waals surface area contributed by atoms with Gasteiger partial charge in [0.1, 0.15) is 17.3 Å². The average molecular weight is 336 g/mol. The van der Waals surface area contributed by atoms with Gasteiger partial charge in [-0.05, 0) is 40.2 Å². The van der Waals surface area contributed by atoms with Crippen molar-refractivity contribution in [3.8, 4) is 11.3 Å². The van der Waals surface area contributed by atoms with Crippen molar-refractivity contribution in [1.82, 2.24) is 9.97 Å². The zero-order valence-corrected chi connectivity index (χ0v) is 11.7. The number of nitrogen functional groups attached to an aromatic ring is 1. The molecule has 2 N–H and O–H groups in total. The highest BCUT2D eigenvalue weighted by Gasteiger charge is 2.19. The smallest absolute Gasteiger partial charge is 0.150 e. The summed E-state index contributed by atoms with van der Waals surface area (Å²) in [6, 6.07) is 9.44. The summed E-state index contributed by atoms with van der Waals surface area (Å²) < 4.78 is 28.2. The van der Waals surface area contributed by atoms with Crippen molar-refractivity contribution in [3.05, 3.63) is 52.5 Å². The molecular weight excluding hydrogens is 328 g/mol. The normalized spacial score (nSPS) is 10.9. The molecule has 1 heterocycles. The van der Waals surface area contributed by atoms with Crippen molar-refractivity contribution in [2.24, 2.45) is 0 Å². The molecule has 0 aliphatic carbocycles. The molecular formula is C14H8BrF2N3. The molecule has 0 aliphatic heterocycles. The SMILES string of the molecule is Nc1nc2ccccc2nc1-c1c(F)ccc(Br)c1F. The minimum atomic E-state index is -0.749. The van der Waals surface area contributed by atoms with Gasteiger partial charge < -0.3 is 5.73 Å². The molecule has 0 amide bonds. The zero-order valence-electron chi connectivity index (χ0n) is 10.1. The van der Waals surface area contributed by atoms with E-state index in [9.17, 15) is 8.78 Å². The second-order valence-corrected chi connectivity index (χ2v) is 5.02. The van der Waals surface area contributed by atoms with Gasteiger partial charge in [-0.3, -0.25) is 0 Å². The highest BCUT2D eigenvalue weighted by atomic mass is 79.9. The Kier molecular flexibility index (Phi) is 3.10. The number of fused-ring (bicyclic) bond motifs is 1. The molecule has 3 aromatic rings. The lowest BCUT2D eigenvalue weighted by Crippen LogP contribution is -2.02. The first-order chi connectivity index (χ1) is 9.58. The van der Waals surface area contributed by atoms with Crippen LogP contribution in [0.3, 0.4) is 0 Å². The standard InChI is InChI=1S/C14H8BrF2N3/c15-7-5-6-8(16)11(12(7)17)13-14(18)20-10-4-2-1-3-9(10)19-13/h1-6H,(H2,18,20). The Morgan fingerprint density at radius 1 is 0.950 bits per heavy atom. The van der Waals surface area contributed by atoms with Crippen LogP contribution in [-0.4, -0.2) is 9.97 Å². The van der Waals surface area contributed by atoms with E-state index in [4.69, 9.17) is 5.73 Å². The third kappa shape index (κ3) is 2.02. The molecule has 6 heteroatoms. The number of nitrogens with two attached hydrogens (primary N) is 1. The molecule has 0 saturated heterocycles. The summed E-state index contributed by atoms with van der Waals surface area (Å²) in [6.45, 7) is 0. The summed E-state index contributed by atoms with van der Waals surface area (Å²) in [5, 5.41) is 0. The first-order valence-corrected chi connectivity index (χ1v) is 6.53. The van der Waals surface area contributed by atoms with E-state index in [-0.39, 0.29) is 21.5 Å². The molecule has 0 radical (unpaired) electrons. The van der Waals surface area contributed by atoms with Crippen molar-refractivity contribution >= 4 is 32.8 Å². The van der Waals surface area contributed by atoms with Gasteiger partial charge in [-0.25, -0.2) is 18.7 Å². The Bertz CT molecular complexity index is 821. The van der Waals surface area contributed by atoms with Crippen LogP contribution in [-0.2, 0) is 0 Å². The first-order valence-electron chi connectivity index (χ1n) is 5.74. The molecule has 0 saturated carbocycles. The van der Waals surface area contributed by atoms with Crippen LogP contribution in [0.4, 0.5) is 14.6 Å². The van der Waals surface area contributed by atoms with Gasteiger partial charge in [0.25, 0.3) is 0 Å². The summed E-state index contributed by atoms with van der Waals surface area (Å²) in [5.41, 5.74) is 6.60. The predicted molar refractivity (Wildman–Crippen MR) is 77.0 cm³/mol. The van der Waals surface area contributed by atoms with Gasteiger partial charge in [0.2, 0.25) is 0 Å². The predicted octanol–water partition coefficient (Wildman–Crippen LogP) is 3.92. The second kappa shape index (κ2) is 4.79. The van der Waals surface area contributed by atoms with Gasteiger partial charge in [-0.2, -0.15) is 0 Å². The van der Waals surface area contributed by atoms with E-state index in [0.717, 1.165) is 6.07 Å². The molecule has 2 aromatic carbocycles. The lowest BCUT2D eigenvalue weighted by atomic mass is 10.1. The number of nitrogens with zero attached hydrogens (tertiary/aromatic N) is 2. The Labute approximate surface area is 121 Å². The van der Waals surface area contributed by atoms with Crippen LogP contribution in [0.1, 0.15) is 0 Å². The van der Waals surface area contributed by atoms with Crippen LogP contribution in [0, 0.1) is 11.6 Å². The lowest BCUT2D eigenvalue weighted by Gasteiger charge is -2.09. The van der Waals surface area contributed by atoms with Crippen molar-refractivity contribution < 1.29 is 8.78 Å². The molecule has 1 aromatic heterocycles. The monoisotopic (exact) mass is 335 g/mol. The van der Waals surface area contributed by atoms with Crippen LogP contribution in [0.5, 0.6) is 0 Å². The number of aromatic nitrogens is 2. The van der Waals surface area contributed by atoms with Crippen LogP contribution in [0.15, 0.2) is 40.9 Å². The van der Waals surface area contributed by atoms with Gasteiger partial charge in [0.05, 0.1) is 21.1 Å². The molecule has 3 nitrogen and oxygen atoms in total. The fourth-order valence-electron chi connectivity index (χ4n) is 1.94. The highest BCUT2D eigenvalue weighted by Crippen LogP contribution is 2.32. The highest BCUT2D eigenvalue weighted by molar-refractivity contribution is 9.10. The number of benzene rings is 2. The largest absolute Gasteiger partial charge is 0.382 e. The van der Waals surface area contributed by atoms with Gasteiger partial charge in [-0.1, -0.05) is 12.1 Å². The fourth-order valence-corrected chi connectivity index (χ4v) is 2.27. The maximum Gasteiger partial charge on any atom is 0.150 e. The summed E-state index contributed by atoms with van der Waals surface area (Å²) >= 11 is 3.02. The lowest BCUT2D eigenvalue weighted by molar-refractivity contribution is 0.584. The minimum absolute atomic E-state index is 0.000000000000000444. The number of hydrogen-bond acceptors (Lipinski definition) is 3. The summed E-state index contributed by atoms with van der Waals surface area (Å²) in [7, 11) is 0. The van der Waals surface area contributed by atoms with Crippen LogP contribution < -0.4 is 5.73 Å². The molecule has 0 bridgehead atoms. The third-order valence-corrected chi connectivity index (χ3v) is 3.49. The van der Waals surface area contributed by atoms with E-state index in [1.165, 1.54) is 6.07 Å². The molecule has 20 heavy (non-hydrogen) atoms. The van der Waals surface area contributed by atoms with Crippen molar-refractivity contribution in [3.63, 3.8) is 0 Å². The minimum Gasteiger partial charge on any atom is -0.382 e. The topological polar surface area (TPSA) is 51.8 Å². The van der Waals surface area contributed by atoms with Crippen LogP contribution >= 0.6 is 15.9 Å². The second-order valence-electron chi connectivity index (χ2n) is 4.16. The average Bonchev–Trinajstić information content (AvgIpc) is 2.44. The van der Waals surface area contributed by atoms with Crippen LogP contribution in [0.2, 0.25) is 0 Å². The third-order valence-electron chi connectivity index (χ3n) is 2.88. The van der Waals surface area contributed by atoms with Crippen molar-refractivity contribution in [2.75, 3.05) is 5.73 Å². The van der Waals surface area contributed by atoms with Gasteiger partial charge in [0.15, 0.2) is 5.82 Å². The molecule has 0 spiro atoms. The van der Waals surface area contributed by atoms with Crippen molar-refractivity contribution in [1.29, 1.82) is 0 Å². The van der Waals surface area contributed by atoms with Gasteiger partial charge in [0, 0.05) is 0 Å². The maximum atomic E-state index is 14.1. The van der Waals surface area contributed by atoms with E-state index in [1.54, 1.807) is 24.3 Å². The van der Waals surface area contributed by atoms with E-state index in [1.807, 2.05) is 0 Å². The molecule has 0 atom stereocenters. The molecule has 0 aliphatic rings. The zero-order chi connectivity index (χ0) is 14.3. The van der Waals surface area contributed by atoms with Crippen LogP contribution in [0.25, 0.3) is 22.3 Å². The number of halogens is 3. The maximum absolute atomic E-state index is 14.1. The van der Waals surface area contributed by atoms with Gasteiger partial charge in [-0.15, -0.1) is 0 Å². The molecule has 0 unspecified atom stereocenters. The molecule has 100 valence electrons. The number of rotatable bonds is 1. The summed E-state index contributed by atoms with van der Waals surface area (Å²) in [5.74, 6) is -1.50. The Morgan fingerprint density at radius 2 is 1.60 bits per heavy atom. The summed E-state index contributed by atoms with van der Waals surface area (Å²) in [6.07, 6.45) is 0. The van der Waals surface area contributed by atoms with E-state index in [2.05, 4.69) is 25.9 Å². The Balaban J connectivity index is 2.35. The summed E-state index contributed by atoms with van der Waals surface area (Å²) in [4.78, 5) is 8.35. The van der Waals surface area contributed by atoms with E-state index in [0.29, 0.717) is 11.0 Å². The quantitative estimate of drug-likeness (QED) is 0.686. The number of anilines is 1. The van der Waals surface area contributed by atoms with E-state index >= 15 is 0 Å². The van der Waals surface area contributed by atoms with Gasteiger partial charge >= 0.3 is 0 Å². The Morgan fingerprint density at radius 3 is 2.30 bits per heavy atom. The molecule has 3 rings (SSSR count). The van der Waals surface area contributed by atoms with Crippen molar-refractivity contribution in [2.45, 2.75) is 0 Å².